The molecule has 0 N–H and O–H groups in total. The predicted molar refractivity (Wildman–Crippen MR) is 89.9 cm³/mol. The zero-order valence-electron chi connectivity index (χ0n) is 12.8. The van der Waals surface area contributed by atoms with Crippen LogP contribution in [0.4, 0.5) is 0 Å². The second-order valence-corrected chi connectivity index (χ2v) is 6.24. The smallest absolute Gasteiger partial charge is 0.374 e. The molecule has 0 fully saturated rings. The molecule has 0 spiro atoms. The monoisotopic (exact) mass is 339 g/mol. The van der Waals surface area contributed by atoms with Crippen LogP contribution in [-0.4, -0.2) is 11.1 Å². The SMILES string of the molecule is Cc1c(C(=O)OCc2cc(-c3cccs3)on2)oc2ccccc12. The van der Waals surface area contributed by atoms with Gasteiger partial charge in [0.25, 0.3) is 0 Å². The third-order valence-corrected chi connectivity index (χ3v) is 4.59. The van der Waals surface area contributed by atoms with Crippen molar-refractivity contribution in [2.75, 3.05) is 0 Å². The van der Waals surface area contributed by atoms with Crippen LogP contribution in [0.25, 0.3) is 21.6 Å². The number of esters is 1. The van der Waals surface area contributed by atoms with Gasteiger partial charge in [-0.2, -0.15) is 0 Å². The predicted octanol–water partition coefficient (Wildman–Crippen LogP) is 4.81. The molecular weight excluding hydrogens is 326 g/mol. The van der Waals surface area contributed by atoms with Crippen molar-refractivity contribution in [2.24, 2.45) is 0 Å². The van der Waals surface area contributed by atoms with Crippen molar-refractivity contribution >= 4 is 28.3 Å². The van der Waals surface area contributed by atoms with E-state index in [1.165, 1.54) is 0 Å². The summed E-state index contributed by atoms with van der Waals surface area (Å²) >= 11 is 1.56. The molecular formula is C18H13NO4S. The average Bonchev–Trinajstić information content (AvgIpc) is 3.33. The minimum atomic E-state index is -0.510. The largest absolute Gasteiger partial charge is 0.453 e. The summed E-state index contributed by atoms with van der Waals surface area (Å²) in [5.74, 6) is 0.374. The van der Waals surface area contributed by atoms with Gasteiger partial charge in [0.2, 0.25) is 5.76 Å². The molecule has 5 nitrogen and oxygen atoms in total. The Balaban J connectivity index is 1.49. The van der Waals surface area contributed by atoms with Crippen molar-refractivity contribution in [3.8, 4) is 10.6 Å². The number of nitrogens with zero attached hydrogens (tertiary/aromatic N) is 1. The zero-order valence-corrected chi connectivity index (χ0v) is 13.6. The molecule has 3 aromatic heterocycles. The number of furan rings is 1. The van der Waals surface area contributed by atoms with Gasteiger partial charge in [0.05, 0.1) is 4.88 Å². The van der Waals surface area contributed by atoms with E-state index in [0.717, 1.165) is 15.8 Å². The Morgan fingerprint density at radius 3 is 2.92 bits per heavy atom. The molecule has 120 valence electrons. The molecule has 0 aliphatic heterocycles. The molecule has 0 saturated heterocycles. The van der Waals surface area contributed by atoms with Gasteiger partial charge in [0.1, 0.15) is 17.9 Å². The summed E-state index contributed by atoms with van der Waals surface area (Å²) in [6, 6.07) is 13.2. The normalized spacial score (nSPS) is 11.0. The highest BCUT2D eigenvalue weighted by Gasteiger charge is 2.19. The van der Waals surface area contributed by atoms with E-state index < -0.39 is 5.97 Å². The molecule has 0 aliphatic rings. The van der Waals surface area contributed by atoms with Gasteiger partial charge in [0.15, 0.2) is 5.76 Å². The number of fused-ring (bicyclic) bond motifs is 1. The summed E-state index contributed by atoms with van der Waals surface area (Å²) in [5.41, 5.74) is 2.00. The number of para-hydroxylation sites is 1. The van der Waals surface area contributed by atoms with Crippen molar-refractivity contribution < 1.29 is 18.5 Å². The first-order valence-electron chi connectivity index (χ1n) is 7.37. The molecule has 0 radical (unpaired) electrons. The Kier molecular flexibility index (Phi) is 3.66. The molecule has 0 atom stereocenters. The highest BCUT2D eigenvalue weighted by molar-refractivity contribution is 7.13. The van der Waals surface area contributed by atoms with Crippen LogP contribution in [0.5, 0.6) is 0 Å². The summed E-state index contributed by atoms with van der Waals surface area (Å²) in [6.45, 7) is 1.87. The van der Waals surface area contributed by atoms with Crippen molar-refractivity contribution in [1.82, 2.24) is 5.16 Å². The topological polar surface area (TPSA) is 65.5 Å². The zero-order chi connectivity index (χ0) is 16.5. The van der Waals surface area contributed by atoms with Crippen LogP contribution < -0.4 is 0 Å². The molecule has 1 aromatic carbocycles. The van der Waals surface area contributed by atoms with E-state index in [9.17, 15) is 4.79 Å². The van der Waals surface area contributed by atoms with Crippen molar-refractivity contribution in [1.29, 1.82) is 0 Å². The highest BCUT2D eigenvalue weighted by Crippen LogP contribution is 2.27. The fourth-order valence-corrected chi connectivity index (χ4v) is 3.16. The quantitative estimate of drug-likeness (QED) is 0.499. The van der Waals surface area contributed by atoms with E-state index in [1.54, 1.807) is 17.4 Å². The molecule has 4 rings (SSSR count). The van der Waals surface area contributed by atoms with E-state index in [1.807, 2.05) is 48.7 Å². The van der Waals surface area contributed by atoms with E-state index >= 15 is 0 Å². The molecule has 0 aliphatic carbocycles. The molecule has 6 heteroatoms. The number of benzene rings is 1. The van der Waals surface area contributed by atoms with Crippen LogP contribution in [0, 0.1) is 6.92 Å². The van der Waals surface area contributed by atoms with Gasteiger partial charge in [0, 0.05) is 17.0 Å². The van der Waals surface area contributed by atoms with E-state index in [0.29, 0.717) is 17.0 Å². The first-order valence-corrected chi connectivity index (χ1v) is 8.25. The van der Waals surface area contributed by atoms with E-state index in [4.69, 9.17) is 13.7 Å². The molecule has 4 aromatic rings. The van der Waals surface area contributed by atoms with Crippen molar-refractivity contribution in [2.45, 2.75) is 13.5 Å². The van der Waals surface area contributed by atoms with Gasteiger partial charge in [-0.1, -0.05) is 29.4 Å². The molecule has 0 unspecified atom stereocenters. The summed E-state index contributed by atoms with van der Waals surface area (Å²) in [7, 11) is 0. The summed E-state index contributed by atoms with van der Waals surface area (Å²) in [6.07, 6.45) is 0. The maximum absolute atomic E-state index is 12.3. The lowest BCUT2D eigenvalue weighted by atomic mass is 10.1. The maximum Gasteiger partial charge on any atom is 0.374 e. The first kappa shape index (κ1) is 14.7. The number of aromatic nitrogens is 1. The number of rotatable bonds is 4. The van der Waals surface area contributed by atoms with Crippen LogP contribution in [0.15, 0.2) is 56.8 Å². The van der Waals surface area contributed by atoms with Gasteiger partial charge < -0.3 is 13.7 Å². The molecule has 0 amide bonds. The van der Waals surface area contributed by atoms with Crippen molar-refractivity contribution in [3.63, 3.8) is 0 Å². The summed E-state index contributed by atoms with van der Waals surface area (Å²) in [4.78, 5) is 13.3. The second-order valence-electron chi connectivity index (χ2n) is 5.29. The fraction of sp³-hybridized carbons (Fsp3) is 0.111. The number of hydrogen-bond donors (Lipinski definition) is 0. The minimum Gasteiger partial charge on any atom is -0.453 e. The maximum atomic E-state index is 12.3. The summed E-state index contributed by atoms with van der Waals surface area (Å²) < 4.78 is 16.2. The van der Waals surface area contributed by atoms with Gasteiger partial charge in [-0.3, -0.25) is 0 Å². The fourth-order valence-electron chi connectivity index (χ4n) is 2.49. The number of thiophene rings is 1. The third kappa shape index (κ3) is 2.61. The Morgan fingerprint density at radius 1 is 1.25 bits per heavy atom. The van der Waals surface area contributed by atoms with Gasteiger partial charge in [-0.25, -0.2) is 4.79 Å². The van der Waals surface area contributed by atoms with Gasteiger partial charge in [-0.05, 0) is 24.4 Å². The second kappa shape index (κ2) is 5.98. The van der Waals surface area contributed by atoms with E-state index in [2.05, 4.69) is 5.16 Å². The molecule has 24 heavy (non-hydrogen) atoms. The number of carbonyl (C=O) groups excluding carboxylic acids is 1. The number of ether oxygens (including phenoxy) is 1. The lowest BCUT2D eigenvalue weighted by molar-refractivity contribution is 0.0429. The van der Waals surface area contributed by atoms with Crippen LogP contribution in [-0.2, 0) is 11.3 Å². The van der Waals surface area contributed by atoms with Crippen LogP contribution in [0.2, 0.25) is 0 Å². The van der Waals surface area contributed by atoms with Gasteiger partial charge in [-0.15, -0.1) is 11.3 Å². The Hall–Kier alpha value is -2.86. The Labute approximate surface area is 141 Å². The first-order chi connectivity index (χ1) is 11.7. The summed E-state index contributed by atoms with van der Waals surface area (Å²) in [5, 5.41) is 6.80. The minimum absolute atomic E-state index is 0.0319. The molecule has 3 heterocycles. The number of aryl methyl sites for hydroxylation is 1. The average molecular weight is 339 g/mol. The molecule has 0 bridgehead atoms. The Morgan fingerprint density at radius 2 is 2.12 bits per heavy atom. The molecule has 0 saturated carbocycles. The third-order valence-electron chi connectivity index (χ3n) is 3.70. The van der Waals surface area contributed by atoms with Gasteiger partial charge >= 0.3 is 5.97 Å². The lowest BCUT2D eigenvalue weighted by Crippen LogP contribution is -2.05. The van der Waals surface area contributed by atoms with E-state index in [-0.39, 0.29) is 12.4 Å². The number of carbonyl (C=O) groups is 1. The highest BCUT2D eigenvalue weighted by atomic mass is 32.1. The van der Waals surface area contributed by atoms with Crippen molar-refractivity contribution in [3.05, 3.63) is 64.9 Å². The standard InChI is InChI=1S/C18H13NO4S/c1-11-13-5-2-3-6-14(13)22-17(11)18(20)21-10-12-9-15(23-19-12)16-7-4-8-24-16/h2-9H,10H2,1H3. The Bertz CT molecular complexity index is 997. The van der Waals surface area contributed by atoms with Crippen LogP contribution >= 0.6 is 11.3 Å². The number of hydrogen-bond acceptors (Lipinski definition) is 6. The lowest BCUT2D eigenvalue weighted by Gasteiger charge is -2.00. The van der Waals surface area contributed by atoms with Crippen LogP contribution in [0.1, 0.15) is 21.8 Å². The van der Waals surface area contributed by atoms with Crippen LogP contribution in [0.3, 0.4) is 0 Å².